The van der Waals surface area contributed by atoms with Crippen LogP contribution in [0.4, 0.5) is 13.2 Å². The number of hydrogen-bond donors (Lipinski definition) is 0. The van der Waals surface area contributed by atoms with Crippen LogP contribution >= 0.6 is 11.6 Å². The average molecular weight is 258 g/mol. The molecule has 0 amide bonds. The molecule has 83 valence electrons. The molecule has 0 bridgehead atoms. The van der Waals surface area contributed by atoms with E-state index in [4.69, 9.17) is 11.6 Å². The SMILES string of the molecule is O=S(=O)(CC(F)(F)F)c1c[c]cc(Cl)c1. The van der Waals surface area contributed by atoms with Gasteiger partial charge in [0, 0.05) is 5.02 Å². The normalized spacial score (nSPS) is 12.8. The van der Waals surface area contributed by atoms with Gasteiger partial charge in [-0.25, -0.2) is 8.42 Å². The molecule has 0 spiro atoms. The predicted molar refractivity (Wildman–Crippen MR) is 48.4 cm³/mol. The molecule has 1 rings (SSSR count). The summed E-state index contributed by atoms with van der Waals surface area (Å²) in [5.41, 5.74) is 0. The third-order valence-corrected chi connectivity index (χ3v) is 3.32. The van der Waals surface area contributed by atoms with Gasteiger partial charge >= 0.3 is 6.18 Å². The Labute approximate surface area is 89.6 Å². The second-order valence-electron chi connectivity index (χ2n) is 2.76. The lowest BCUT2D eigenvalue weighted by Crippen LogP contribution is -2.22. The molecule has 1 aromatic carbocycles. The van der Waals surface area contributed by atoms with Gasteiger partial charge in [0.2, 0.25) is 0 Å². The Morgan fingerprint density at radius 2 is 1.93 bits per heavy atom. The van der Waals surface area contributed by atoms with Gasteiger partial charge in [-0.3, -0.25) is 0 Å². The zero-order chi connectivity index (χ0) is 11.7. The standard InChI is InChI=1S/C8H5ClF3O2S/c9-6-2-1-3-7(4-6)15(13,14)5-8(10,11)12/h2-4H,5H2. The van der Waals surface area contributed by atoms with Crippen LogP contribution in [0.1, 0.15) is 0 Å². The minimum Gasteiger partial charge on any atom is -0.223 e. The Hall–Kier alpha value is -0.750. The molecular weight excluding hydrogens is 253 g/mol. The van der Waals surface area contributed by atoms with Crippen LogP contribution in [0.2, 0.25) is 5.02 Å². The summed E-state index contributed by atoms with van der Waals surface area (Å²) in [6.07, 6.45) is -4.76. The minimum atomic E-state index is -4.76. The van der Waals surface area contributed by atoms with E-state index in [0.29, 0.717) is 0 Å². The quantitative estimate of drug-likeness (QED) is 0.816. The van der Waals surface area contributed by atoms with E-state index in [0.717, 1.165) is 12.1 Å². The lowest BCUT2D eigenvalue weighted by Gasteiger charge is -2.07. The number of sulfone groups is 1. The summed E-state index contributed by atoms with van der Waals surface area (Å²) in [4.78, 5) is -0.479. The molecule has 0 saturated carbocycles. The molecule has 0 heterocycles. The first-order valence-corrected chi connectivity index (χ1v) is 5.70. The molecular formula is C8H5ClF3O2S. The van der Waals surface area contributed by atoms with Gasteiger partial charge in [0.1, 0.15) is 0 Å². The Morgan fingerprint density at radius 3 is 2.40 bits per heavy atom. The summed E-state index contributed by atoms with van der Waals surface area (Å²) in [5, 5.41) is 0.0262. The van der Waals surface area contributed by atoms with Crippen LogP contribution in [-0.2, 0) is 9.84 Å². The van der Waals surface area contributed by atoms with Gasteiger partial charge in [-0.15, -0.1) is 0 Å². The van der Waals surface area contributed by atoms with Crippen molar-refractivity contribution in [2.24, 2.45) is 0 Å². The number of benzene rings is 1. The van der Waals surface area contributed by atoms with Gasteiger partial charge in [-0.2, -0.15) is 13.2 Å². The maximum Gasteiger partial charge on any atom is 0.403 e. The van der Waals surface area contributed by atoms with Crippen molar-refractivity contribution < 1.29 is 21.6 Å². The lowest BCUT2D eigenvalue weighted by molar-refractivity contribution is -0.106. The van der Waals surface area contributed by atoms with E-state index in [1.165, 1.54) is 6.07 Å². The molecule has 0 N–H and O–H groups in total. The van der Waals surface area contributed by atoms with Crippen LogP contribution in [-0.4, -0.2) is 20.3 Å². The third-order valence-electron chi connectivity index (χ3n) is 1.44. The third kappa shape index (κ3) is 3.71. The zero-order valence-electron chi connectivity index (χ0n) is 7.18. The molecule has 0 atom stereocenters. The Balaban J connectivity index is 3.07. The first kappa shape index (κ1) is 12.3. The van der Waals surface area contributed by atoms with Crippen molar-refractivity contribution in [3.05, 3.63) is 29.3 Å². The van der Waals surface area contributed by atoms with Crippen LogP contribution in [0.5, 0.6) is 0 Å². The highest BCUT2D eigenvalue weighted by Crippen LogP contribution is 2.23. The summed E-state index contributed by atoms with van der Waals surface area (Å²) in [7, 11) is -4.38. The van der Waals surface area contributed by atoms with E-state index < -0.39 is 26.7 Å². The lowest BCUT2D eigenvalue weighted by atomic mass is 10.4. The van der Waals surface area contributed by atoms with Crippen LogP contribution in [0.15, 0.2) is 23.1 Å². The van der Waals surface area contributed by atoms with E-state index in [2.05, 4.69) is 6.07 Å². The Kier molecular flexibility index (Phi) is 3.30. The molecule has 15 heavy (non-hydrogen) atoms. The van der Waals surface area contributed by atoms with E-state index in [9.17, 15) is 21.6 Å². The smallest absolute Gasteiger partial charge is 0.223 e. The Bertz CT molecular complexity index is 453. The van der Waals surface area contributed by atoms with Gasteiger partial charge in [-0.1, -0.05) is 11.6 Å². The van der Waals surface area contributed by atoms with E-state index >= 15 is 0 Å². The molecule has 7 heteroatoms. The maximum atomic E-state index is 11.9. The van der Waals surface area contributed by atoms with Crippen molar-refractivity contribution in [1.82, 2.24) is 0 Å². The molecule has 0 aliphatic rings. The van der Waals surface area contributed by atoms with Gasteiger partial charge < -0.3 is 0 Å². The fraction of sp³-hybridized carbons (Fsp3) is 0.250. The van der Waals surface area contributed by atoms with E-state index in [-0.39, 0.29) is 5.02 Å². The highest BCUT2D eigenvalue weighted by molar-refractivity contribution is 7.91. The number of rotatable bonds is 2. The van der Waals surface area contributed by atoms with Crippen molar-refractivity contribution in [3.8, 4) is 0 Å². The van der Waals surface area contributed by atoms with Gasteiger partial charge in [-0.05, 0) is 24.3 Å². The van der Waals surface area contributed by atoms with Crippen LogP contribution < -0.4 is 0 Å². The number of halogens is 4. The maximum absolute atomic E-state index is 11.9. The predicted octanol–water partition coefficient (Wildman–Crippen LogP) is 2.48. The van der Waals surface area contributed by atoms with Gasteiger partial charge in [0.25, 0.3) is 0 Å². The molecule has 0 aliphatic carbocycles. The number of alkyl halides is 3. The molecule has 2 nitrogen and oxygen atoms in total. The second kappa shape index (κ2) is 4.02. The molecule has 0 fully saturated rings. The van der Waals surface area contributed by atoms with Crippen LogP contribution in [0.3, 0.4) is 0 Å². The summed E-state index contributed by atoms with van der Waals surface area (Å²) in [5.74, 6) is -1.89. The summed E-state index contributed by atoms with van der Waals surface area (Å²) in [6, 6.07) is 5.51. The van der Waals surface area contributed by atoms with E-state index in [1.54, 1.807) is 0 Å². The van der Waals surface area contributed by atoms with Crippen molar-refractivity contribution in [1.29, 1.82) is 0 Å². The van der Waals surface area contributed by atoms with Crippen molar-refractivity contribution in [2.75, 3.05) is 5.75 Å². The highest BCUT2D eigenvalue weighted by atomic mass is 35.5. The minimum absolute atomic E-state index is 0.0262. The van der Waals surface area contributed by atoms with Crippen molar-refractivity contribution >= 4 is 21.4 Å². The summed E-state index contributed by atoms with van der Waals surface area (Å²) >= 11 is 5.45. The monoisotopic (exact) mass is 257 g/mol. The van der Waals surface area contributed by atoms with Crippen LogP contribution in [0, 0.1) is 6.07 Å². The molecule has 0 aliphatic heterocycles. The molecule has 0 aromatic heterocycles. The van der Waals surface area contributed by atoms with Crippen molar-refractivity contribution in [2.45, 2.75) is 11.1 Å². The highest BCUT2D eigenvalue weighted by Gasteiger charge is 2.35. The summed E-state index contributed by atoms with van der Waals surface area (Å²) < 4.78 is 58.1. The fourth-order valence-corrected chi connectivity index (χ4v) is 2.30. The van der Waals surface area contributed by atoms with Gasteiger partial charge in [0.15, 0.2) is 15.6 Å². The topological polar surface area (TPSA) is 34.1 Å². The molecule has 0 unspecified atom stereocenters. The first-order chi connectivity index (χ1) is 6.71. The summed E-state index contributed by atoms with van der Waals surface area (Å²) in [6.45, 7) is 0. The molecule has 1 radical (unpaired) electrons. The first-order valence-electron chi connectivity index (χ1n) is 3.67. The molecule has 0 saturated heterocycles. The molecule has 1 aromatic rings. The van der Waals surface area contributed by atoms with Crippen molar-refractivity contribution in [3.63, 3.8) is 0 Å². The largest absolute Gasteiger partial charge is 0.403 e. The average Bonchev–Trinajstić information content (AvgIpc) is 1.99. The van der Waals surface area contributed by atoms with Crippen LogP contribution in [0.25, 0.3) is 0 Å². The zero-order valence-corrected chi connectivity index (χ0v) is 8.75. The fourth-order valence-electron chi connectivity index (χ4n) is 0.901. The Morgan fingerprint density at radius 1 is 1.33 bits per heavy atom. The van der Waals surface area contributed by atoms with E-state index in [1.807, 2.05) is 0 Å². The second-order valence-corrected chi connectivity index (χ2v) is 5.19. The van der Waals surface area contributed by atoms with Gasteiger partial charge in [0.05, 0.1) is 4.90 Å². The number of hydrogen-bond acceptors (Lipinski definition) is 2.